The predicted octanol–water partition coefficient (Wildman–Crippen LogP) is 2.84. The summed E-state index contributed by atoms with van der Waals surface area (Å²) >= 11 is 6.00. The van der Waals surface area contributed by atoms with Crippen LogP contribution in [0.3, 0.4) is 0 Å². The van der Waals surface area contributed by atoms with Gasteiger partial charge >= 0.3 is 5.97 Å². The van der Waals surface area contributed by atoms with Gasteiger partial charge in [-0.3, -0.25) is 14.2 Å². The quantitative estimate of drug-likeness (QED) is 0.619. The molecule has 0 aliphatic heterocycles. The lowest BCUT2D eigenvalue weighted by Crippen LogP contribution is -2.23. The van der Waals surface area contributed by atoms with Crippen LogP contribution in [0, 0.1) is 0 Å². The molecule has 1 aromatic heterocycles. The SMILES string of the molecule is COc1cc(=O)c2ccc(Cl)cc2n(C=CC(=O)OC(C)(C)C)c1=O. The summed E-state index contributed by atoms with van der Waals surface area (Å²) in [5, 5.41) is 0.606. The van der Waals surface area contributed by atoms with Gasteiger partial charge in [-0.15, -0.1) is 0 Å². The third-order valence-electron chi connectivity index (χ3n) is 3.16. The summed E-state index contributed by atoms with van der Waals surface area (Å²) in [6.45, 7) is 5.19. The molecule has 0 aliphatic carbocycles. The average Bonchev–Trinajstić information content (AvgIpc) is 2.59. The van der Waals surface area contributed by atoms with Crippen LogP contribution in [0.4, 0.5) is 0 Å². The van der Waals surface area contributed by atoms with Crippen LogP contribution in [0.1, 0.15) is 20.8 Å². The van der Waals surface area contributed by atoms with Gasteiger partial charge in [-0.1, -0.05) is 11.6 Å². The van der Waals surface area contributed by atoms with Crippen LogP contribution in [0.15, 0.2) is 39.9 Å². The highest BCUT2D eigenvalue weighted by molar-refractivity contribution is 6.31. The first-order valence-electron chi connectivity index (χ1n) is 7.46. The number of ether oxygens (including phenoxy) is 2. The molecule has 2 aromatic rings. The number of esters is 1. The Labute approximate surface area is 149 Å². The number of aromatic nitrogens is 1. The molecule has 1 aromatic carbocycles. The van der Waals surface area contributed by atoms with Crippen LogP contribution in [0.25, 0.3) is 17.1 Å². The molecule has 0 radical (unpaired) electrons. The van der Waals surface area contributed by atoms with E-state index < -0.39 is 22.6 Å². The Morgan fingerprint density at radius 2 is 1.88 bits per heavy atom. The van der Waals surface area contributed by atoms with Crippen molar-refractivity contribution in [3.8, 4) is 5.75 Å². The first kappa shape index (κ1) is 18.7. The lowest BCUT2D eigenvalue weighted by molar-refractivity contribution is -0.148. The van der Waals surface area contributed by atoms with Crippen molar-refractivity contribution in [1.29, 1.82) is 0 Å². The van der Waals surface area contributed by atoms with Crippen LogP contribution in [0.5, 0.6) is 5.75 Å². The fourth-order valence-corrected chi connectivity index (χ4v) is 2.33. The van der Waals surface area contributed by atoms with Gasteiger partial charge in [0.15, 0.2) is 11.2 Å². The third kappa shape index (κ3) is 4.48. The molecular weight excluding hydrogens is 346 g/mol. The van der Waals surface area contributed by atoms with Crippen LogP contribution < -0.4 is 15.7 Å². The molecule has 0 amide bonds. The van der Waals surface area contributed by atoms with E-state index >= 15 is 0 Å². The van der Waals surface area contributed by atoms with Crippen LogP contribution in [-0.2, 0) is 9.53 Å². The number of benzene rings is 1. The van der Waals surface area contributed by atoms with E-state index in [2.05, 4.69) is 0 Å². The molecule has 132 valence electrons. The molecule has 0 saturated heterocycles. The molecule has 0 unspecified atom stereocenters. The van der Waals surface area contributed by atoms with Crippen LogP contribution in [0.2, 0.25) is 5.02 Å². The van der Waals surface area contributed by atoms with Gasteiger partial charge in [0.1, 0.15) is 5.60 Å². The molecule has 0 fully saturated rings. The highest BCUT2D eigenvalue weighted by atomic mass is 35.5. The second-order valence-corrected chi connectivity index (χ2v) is 6.70. The third-order valence-corrected chi connectivity index (χ3v) is 3.40. The van der Waals surface area contributed by atoms with Gasteiger partial charge in [0.05, 0.1) is 12.6 Å². The minimum Gasteiger partial charge on any atom is -0.491 e. The maximum absolute atomic E-state index is 12.6. The lowest BCUT2D eigenvalue weighted by Gasteiger charge is -2.17. The van der Waals surface area contributed by atoms with Gasteiger partial charge in [0.2, 0.25) is 0 Å². The Morgan fingerprint density at radius 1 is 1.20 bits per heavy atom. The molecule has 0 atom stereocenters. The Kier molecular flexibility index (Phi) is 5.33. The molecule has 0 aliphatic rings. The number of halogens is 1. The number of methoxy groups -OCH3 is 1. The summed E-state index contributed by atoms with van der Waals surface area (Å²) in [6, 6.07) is 5.63. The zero-order valence-electron chi connectivity index (χ0n) is 14.3. The maximum Gasteiger partial charge on any atom is 0.332 e. The van der Waals surface area contributed by atoms with E-state index in [1.807, 2.05) is 0 Å². The maximum atomic E-state index is 12.6. The first-order chi connectivity index (χ1) is 11.6. The molecule has 25 heavy (non-hydrogen) atoms. The standard InChI is InChI=1S/C18H18ClNO5/c1-18(2,3)25-16(22)7-8-20-13-9-11(19)5-6-12(13)14(21)10-15(24-4)17(20)23/h5-10H,1-4H3. The molecule has 0 spiro atoms. The Bertz CT molecular complexity index is 970. The van der Waals surface area contributed by atoms with Gasteiger partial charge in [-0.05, 0) is 39.0 Å². The van der Waals surface area contributed by atoms with Crippen LogP contribution >= 0.6 is 11.6 Å². The van der Waals surface area contributed by atoms with E-state index in [0.29, 0.717) is 5.02 Å². The smallest absolute Gasteiger partial charge is 0.332 e. The summed E-state index contributed by atoms with van der Waals surface area (Å²) in [7, 11) is 1.29. The minimum absolute atomic E-state index is 0.147. The fraction of sp³-hybridized carbons (Fsp3) is 0.278. The van der Waals surface area contributed by atoms with Crippen molar-refractivity contribution in [3.05, 3.63) is 55.9 Å². The summed E-state index contributed by atoms with van der Waals surface area (Å²) in [5.41, 5.74) is -1.41. The van der Waals surface area contributed by atoms with E-state index in [9.17, 15) is 14.4 Å². The van der Waals surface area contributed by atoms with Crippen molar-refractivity contribution in [2.75, 3.05) is 7.11 Å². The second-order valence-electron chi connectivity index (χ2n) is 6.26. The monoisotopic (exact) mass is 363 g/mol. The fourth-order valence-electron chi connectivity index (χ4n) is 2.16. The van der Waals surface area contributed by atoms with Gasteiger partial charge in [-0.2, -0.15) is 0 Å². The van der Waals surface area contributed by atoms with Gasteiger partial charge in [-0.25, -0.2) is 4.79 Å². The van der Waals surface area contributed by atoms with Gasteiger partial charge in [0.25, 0.3) is 5.56 Å². The lowest BCUT2D eigenvalue weighted by atomic mass is 10.2. The highest BCUT2D eigenvalue weighted by Gasteiger charge is 2.15. The first-order valence-corrected chi connectivity index (χ1v) is 7.84. The van der Waals surface area contributed by atoms with Gasteiger partial charge in [0, 0.05) is 28.8 Å². The van der Waals surface area contributed by atoms with Crippen molar-refractivity contribution < 1.29 is 14.3 Å². The number of hydrogen-bond donors (Lipinski definition) is 0. The molecule has 0 saturated carbocycles. The van der Waals surface area contributed by atoms with Crippen molar-refractivity contribution in [2.45, 2.75) is 26.4 Å². The normalized spacial score (nSPS) is 11.7. The molecular formula is C18H18ClNO5. The summed E-state index contributed by atoms with van der Waals surface area (Å²) in [5.74, 6) is -0.770. The zero-order valence-corrected chi connectivity index (χ0v) is 15.1. The average molecular weight is 364 g/mol. The molecule has 0 bridgehead atoms. The predicted molar refractivity (Wildman–Crippen MR) is 97.2 cm³/mol. The summed E-state index contributed by atoms with van der Waals surface area (Å²) in [6.07, 6.45) is 2.34. The number of carbonyl (C=O) groups is 1. The van der Waals surface area contributed by atoms with Crippen molar-refractivity contribution in [1.82, 2.24) is 4.57 Å². The van der Waals surface area contributed by atoms with E-state index in [0.717, 1.165) is 16.7 Å². The molecule has 1 heterocycles. The van der Waals surface area contributed by atoms with E-state index in [-0.39, 0.29) is 16.7 Å². The summed E-state index contributed by atoms with van der Waals surface area (Å²) < 4.78 is 11.3. The molecule has 0 N–H and O–H groups in total. The van der Waals surface area contributed by atoms with Gasteiger partial charge < -0.3 is 9.47 Å². The summed E-state index contributed by atoms with van der Waals surface area (Å²) in [4.78, 5) is 36.8. The van der Waals surface area contributed by atoms with Crippen LogP contribution in [-0.4, -0.2) is 23.2 Å². The number of fused-ring (bicyclic) bond motifs is 1. The molecule has 7 heteroatoms. The Balaban J connectivity index is 2.74. The Morgan fingerprint density at radius 3 is 2.48 bits per heavy atom. The molecule has 6 nitrogen and oxygen atoms in total. The van der Waals surface area contributed by atoms with Crippen molar-refractivity contribution in [3.63, 3.8) is 0 Å². The minimum atomic E-state index is -0.668. The van der Waals surface area contributed by atoms with Crippen molar-refractivity contribution in [2.24, 2.45) is 0 Å². The highest BCUT2D eigenvalue weighted by Crippen LogP contribution is 2.17. The van der Waals surface area contributed by atoms with Crippen molar-refractivity contribution >= 4 is 34.7 Å². The largest absolute Gasteiger partial charge is 0.491 e. The number of rotatable bonds is 3. The van der Waals surface area contributed by atoms with E-state index in [1.165, 1.54) is 25.4 Å². The second kappa shape index (κ2) is 7.11. The van der Waals surface area contributed by atoms with E-state index in [4.69, 9.17) is 21.1 Å². The number of nitrogens with zero attached hydrogens (tertiary/aromatic N) is 1. The zero-order chi connectivity index (χ0) is 18.8. The number of hydrogen-bond acceptors (Lipinski definition) is 5. The number of carbonyl (C=O) groups excluding carboxylic acids is 1. The van der Waals surface area contributed by atoms with E-state index in [1.54, 1.807) is 26.8 Å². The topological polar surface area (TPSA) is 74.6 Å². The Hall–Kier alpha value is -2.60. The molecule has 2 rings (SSSR count).